The molecular weight excluding hydrogens is 836 g/mol. The second-order valence-corrected chi connectivity index (χ2v) is 17.7. The molecule has 1 fully saturated rings. The number of halogens is 1. The van der Waals surface area contributed by atoms with Gasteiger partial charge in [0, 0.05) is 12.4 Å². The summed E-state index contributed by atoms with van der Waals surface area (Å²) in [6.07, 6.45) is 8.02. The maximum Gasteiger partial charge on any atom is 0.335 e. The van der Waals surface area contributed by atoms with Crippen LogP contribution in [0.5, 0.6) is 0 Å². The molecule has 1 aliphatic rings. The number of carboxylic acid groups (broad SMARTS) is 1. The van der Waals surface area contributed by atoms with E-state index in [0.717, 1.165) is 31.4 Å². The van der Waals surface area contributed by atoms with Crippen LogP contribution in [0.2, 0.25) is 5.02 Å². The maximum absolute atomic E-state index is 14.8. The van der Waals surface area contributed by atoms with Crippen LogP contribution in [0.4, 0.5) is 0 Å². The average Bonchev–Trinajstić information content (AvgIpc) is 3.23. The van der Waals surface area contributed by atoms with Crippen molar-refractivity contribution in [1.82, 2.24) is 35.5 Å². The molecule has 6 amide bonds. The number of imide groups is 1. The molecule has 5 atom stereocenters. The standard InChI is InChI=1S/C40H55ClN8O11S/c1-6-23(5)33(48-35(52)28(17-22(3)4)45-36(53)30-20-43-15-16-44-30)37(54)46-29(18-24-11-9-8-10-12-24)39(56)49(21-32(50)47-38(55)34(51)27(42)7-2)61(59,60)31-19-25(40(57)58)13-14-26(31)41/h13-16,19-20,22-24,27-29,33H,6-12,17-18,21,42H2,1-5H3,(H,45,53)(H,46,54)(H,48,52)(H,57,58)(H,47,50,55)/t23-,27?,28-,29-,33-/m0/s1. The van der Waals surface area contributed by atoms with E-state index in [1.54, 1.807) is 19.2 Å². The van der Waals surface area contributed by atoms with Gasteiger partial charge in [0.2, 0.25) is 23.5 Å². The highest BCUT2D eigenvalue weighted by atomic mass is 35.5. The van der Waals surface area contributed by atoms with Crippen LogP contribution < -0.4 is 27.0 Å². The Balaban J connectivity index is 2.08. The van der Waals surface area contributed by atoms with Crippen molar-refractivity contribution in [2.75, 3.05) is 6.54 Å². The number of nitrogens with two attached hydrogens (primary N) is 1. The largest absolute Gasteiger partial charge is 0.478 e. The van der Waals surface area contributed by atoms with Gasteiger partial charge in [-0.15, -0.1) is 0 Å². The summed E-state index contributed by atoms with van der Waals surface area (Å²) < 4.78 is 28.9. The number of hydrogen-bond donors (Lipinski definition) is 6. The van der Waals surface area contributed by atoms with E-state index in [1.807, 2.05) is 13.8 Å². The highest BCUT2D eigenvalue weighted by Gasteiger charge is 2.41. The Hall–Kier alpha value is -5.34. The third-order valence-corrected chi connectivity index (χ3v) is 12.6. The number of amides is 6. The molecule has 0 aliphatic heterocycles. The van der Waals surface area contributed by atoms with E-state index < -0.39 is 109 Å². The van der Waals surface area contributed by atoms with E-state index in [2.05, 4.69) is 25.9 Å². The number of rotatable bonds is 21. The van der Waals surface area contributed by atoms with Crippen LogP contribution >= 0.6 is 11.6 Å². The molecule has 0 saturated heterocycles. The number of sulfonamides is 1. The SMILES string of the molecule is CCC(N)C(=O)C(=O)NC(=O)CN(C(=O)[C@H](CC1CCCCC1)NC(=O)[C@@H](NC(=O)[C@H](CC(C)C)NC(=O)c1cnccn1)[C@@H](C)CC)S(=O)(=O)c1cc(C(=O)O)ccc1Cl. The summed E-state index contributed by atoms with van der Waals surface area (Å²) in [5, 5.41) is 18.8. The van der Waals surface area contributed by atoms with Crippen molar-refractivity contribution in [3.8, 4) is 0 Å². The molecule has 21 heteroatoms. The number of aromatic carboxylic acids is 1. The number of carbonyl (C=O) groups excluding carboxylic acids is 7. The van der Waals surface area contributed by atoms with Gasteiger partial charge in [-0.25, -0.2) is 22.5 Å². The summed E-state index contributed by atoms with van der Waals surface area (Å²) >= 11 is 6.26. The lowest BCUT2D eigenvalue weighted by molar-refractivity contribution is -0.142. The van der Waals surface area contributed by atoms with Crippen LogP contribution in [-0.4, -0.2) is 106 Å². The van der Waals surface area contributed by atoms with Gasteiger partial charge in [-0.3, -0.25) is 43.9 Å². The van der Waals surface area contributed by atoms with E-state index in [0.29, 0.717) is 25.3 Å². The van der Waals surface area contributed by atoms with E-state index >= 15 is 0 Å². The first-order valence-corrected chi connectivity index (χ1v) is 21.9. The number of hydrogen-bond acceptors (Lipinski definition) is 13. The van der Waals surface area contributed by atoms with Crippen molar-refractivity contribution in [3.63, 3.8) is 0 Å². The van der Waals surface area contributed by atoms with Crippen molar-refractivity contribution in [2.45, 2.75) is 121 Å². The Labute approximate surface area is 359 Å². The minimum absolute atomic E-state index is 0.0361. The van der Waals surface area contributed by atoms with Gasteiger partial charge in [0.1, 0.15) is 35.3 Å². The molecule has 1 aromatic heterocycles. The van der Waals surface area contributed by atoms with Gasteiger partial charge in [-0.1, -0.05) is 84.7 Å². The fraction of sp³-hybridized carbons (Fsp3) is 0.550. The van der Waals surface area contributed by atoms with Gasteiger partial charge < -0.3 is 26.8 Å². The Kier molecular flexibility index (Phi) is 18.9. The van der Waals surface area contributed by atoms with Crippen molar-refractivity contribution in [1.29, 1.82) is 0 Å². The molecule has 3 rings (SSSR count). The molecule has 1 aliphatic carbocycles. The molecular formula is C40H55ClN8O11S. The number of carboxylic acids is 1. The number of carbonyl (C=O) groups is 8. The zero-order valence-electron chi connectivity index (χ0n) is 34.8. The maximum atomic E-state index is 14.8. The average molecular weight is 891 g/mol. The minimum atomic E-state index is -5.26. The number of ketones is 1. The van der Waals surface area contributed by atoms with Crippen LogP contribution in [0, 0.1) is 17.8 Å². The number of aromatic nitrogens is 2. The van der Waals surface area contributed by atoms with E-state index in [4.69, 9.17) is 17.3 Å². The summed E-state index contributed by atoms with van der Waals surface area (Å²) in [6, 6.07) is -2.74. The van der Waals surface area contributed by atoms with E-state index in [1.165, 1.54) is 25.5 Å². The van der Waals surface area contributed by atoms with Crippen molar-refractivity contribution in [3.05, 3.63) is 53.1 Å². The summed E-state index contributed by atoms with van der Waals surface area (Å²) in [6.45, 7) is 7.19. The molecule has 19 nitrogen and oxygen atoms in total. The van der Waals surface area contributed by atoms with Crippen LogP contribution in [-0.2, 0) is 38.8 Å². The number of nitrogens with zero attached hydrogens (tertiary/aromatic N) is 3. The monoisotopic (exact) mass is 890 g/mol. The second kappa shape index (κ2) is 23.0. The van der Waals surface area contributed by atoms with Crippen LogP contribution in [0.1, 0.15) is 113 Å². The van der Waals surface area contributed by atoms with Crippen molar-refractivity contribution in [2.24, 2.45) is 23.5 Å². The predicted octanol–water partition coefficient (Wildman–Crippen LogP) is 2.13. The molecule has 0 bridgehead atoms. The molecule has 1 heterocycles. The molecule has 1 saturated carbocycles. The topological polar surface area (TPSA) is 294 Å². The first kappa shape index (κ1) is 50.0. The molecule has 1 unspecified atom stereocenters. The molecule has 0 spiro atoms. The molecule has 7 N–H and O–H groups in total. The second-order valence-electron chi connectivity index (χ2n) is 15.5. The quantitative estimate of drug-likeness (QED) is 0.0980. The van der Waals surface area contributed by atoms with E-state index in [-0.39, 0.29) is 41.1 Å². The lowest BCUT2D eigenvalue weighted by Crippen LogP contribution is -2.60. The number of benzene rings is 1. The first-order valence-electron chi connectivity index (χ1n) is 20.1. The van der Waals surface area contributed by atoms with Crippen LogP contribution in [0.3, 0.4) is 0 Å². The fourth-order valence-corrected chi connectivity index (χ4v) is 8.56. The summed E-state index contributed by atoms with van der Waals surface area (Å²) in [7, 11) is -5.26. The van der Waals surface area contributed by atoms with Crippen LogP contribution in [0.25, 0.3) is 0 Å². The Bertz CT molecular complexity index is 2050. The Morgan fingerprint density at radius 2 is 1.59 bits per heavy atom. The zero-order chi connectivity index (χ0) is 45.6. The molecule has 2 aromatic rings. The highest BCUT2D eigenvalue weighted by molar-refractivity contribution is 7.89. The van der Waals surface area contributed by atoms with Gasteiger partial charge in [-0.2, -0.15) is 0 Å². The zero-order valence-corrected chi connectivity index (χ0v) is 36.4. The molecule has 0 radical (unpaired) electrons. The van der Waals surface area contributed by atoms with Gasteiger partial charge in [0.05, 0.1) is 22.8 Å². The minimum Gasteiger partial charge on any atom is -0.478 e. The lowest BCUT2D eigenvalue weighted by Gasteiger charge is -2.33. The highest BCUT2D eigenvalue weighted by Crippen LogP contribution is 2.30. The number of Topliss-reactive ketones (excluding diaryl/α,β-unsaturated/α-hetero) is 1. The third-order valence-electron chi connectivity index (χ3n) is 10.4. The van der Waals surface area contributed by atoms with Gasteiger partial charge in [0.25, 0.3) is 27.7 Å². The summed E-state index contributed by atoms with van der Waals surface area (Å²) in [5.74, 6) is -10.1. The van der Waals surface area contributed by atoms with Crippen LogP contribution in [0.15, 0.2) is 41.7 Å². The van der Waals surface area contributed by atoms with Crippen molar-refractivity contribution < 1.29 is 51.9 Å². The van der Waals surface area contributed by atoms with Gasteiger partial charge in [-0.05, 0) is 55.2 Å². The molecule has 334 valence electrons. The molecule has 1 aromatic carbocycles. The van der Waals surface area contributed by atoms with Gasteiger partial charge >= 0.3 is 5.97 Å². The molecule has 61 heavy (non-hydrogen) atoms. The summed E-state index contributed by atoms with van der Waals surface area (Å²) in [4.78, 5) is 113. The number of nitrogens with one attached hydrogen (secondary N) is 4. The van der Waals surface area contributed by atoms with E-state index in [9.17, 15) is 51.9 Å². The normalized spacial score (nSPS) is 15.6. The lowest BCUT2D eigenvalue weighted by atomic mass is 9.84. The first-order chi connectivity index (χ1) is 28.7. The summed E-state index contributed by atoms with van der Waals surface area (Å²) in [5.41, 5.74) is 5.07. The smallest absolute Gasteiger partial charge is 0.335 e. The third kappa shape index (κ3) is 14.1. The van der Waals surface area contributed by atoms with Gasteiger partial charge in [0.15, 0.2) is 0 Å². The predicted molar refractivity (Wildman–Crippen MR) is 221 cm³/mol. The Morgan fingerprint density at radius 1 is 0.918 bits per heavy atom. The Morgan fingerprint density at radius 3 is 2.16 bits per heavy atom. The van der Waals surface area contributed by atoms with Crippen molar-refractivity contribution >= 4 is 68.8 Å². The fourth-order valence-electron chi connectivity index (χ4n) is 6.67.